The summed E-state index contributed by atoms with van der Waals surface area (Å²) in [7, 11) is 0. The Kier molecular flexibility index (Phi) is 4.82. The van der Waals surface area contributed by atoms with E-state index >= 15 is 0 Å². The van der Waals surface area contributed by atoms with Gasteiger partial charge in [0.15, 0.2) is 0 Å². The summed E-state index contributed by atoms with van der Waals surface area (Å²) in [4.78, 5) is 11.6. The fourth-order valence-electron chi connectivity index (χ4n) is 1.28. The Bertz CT molecular complexity index is 349. The maximum absolute atomic E-state index is 13.7. The smallest absolute Gasteiger partial charge is 0.222 e. The van der Waals surface area contributed by atoms with Crippen molar-refractivity contribution in [2.45, 2.75) is 26.7 Å². The van der Waals surface area contributed by atoms with Crippen LogP contribution in [0.15, 0.2) is 18.2 Å². The predicted molar refractivity (Wildman–Crippen MR) is 62.9 cm³/mol. The Morgan fingerprint density at radius 2 is 2.13 bits per heavy atom. The number of hydrogen-bond donors (Lipinski definition) is 0. The first-order chi connectivity index (χ1) is 7.20. The Morgan fingerprint density at radius 1 is 1.40 bits per heavy atom. The van der Waals surface area contributed by atoms with Crippen LogP contribution < -0.4 is 0 Å². The normalized spacial score (nSPS) is 10.3. The first kappa shape index (κ1) is 12.2. The van der Waals surface area contributed by atoms with Gasteiger partial charge in [0, 0.05) is 5.75 Å². The van der Waals surface area contributed by atoms with E-state index in [-0.39, 0.29) is 16.5 Å². The average Bonchev–Trinajstić information content (AvgIpc) is 2.26. The monoisotopic (exact) mass is 226 g/mol. The molecule has 0 aliphatic rings. The van der Waals surface area contributed by atoms with Gasteiger partial charge < -0.3 is 0 Å². The van der Waals surface area contributed by atoms with E-state index in [0.717, 1.165) is 12.2 Å². The fraction of sp³-hybridized carbons (Fsp3) is 0.417. The molecule has 1 aromatic rings. The summed E-state index contributed by atoms with van der Waals surface area (Å²) in [6.07, 6.45) is 1.54. The number of thioether (sulfide) groups is 1. The zero-order valence-corrected chi connectivity index (χ0v) is 9.86. The summed E-state index contributed by atoms with van der Waals surface area (Å²) in [5.41, 5.74) is 0.825. The molecule has 0 heterocycles. The van der Waals surface area contributed by atoms with Crippen LogP contribution in [-0.2, 0) is 6.42 Å². The molecule has 0 N–H and O–H groups in total. The number of aryl methyl sites for hydroxylation is 1. The highest BCUT2D eigenvalue weighted by Gasteiger charge is 2.13. The molecule has 82 valence electrons. The van der Waals surface area contributed by atoms with Crippen molar-refractivity contribution in [2.24, 2.45) is 0 Å². The molecule has 0 aliphatic carbocycles. The molecule has 0 aliphatic heterocycles. The molecule has 0 fully saturated rings. The van der Waals surface area contributed by atoms with Crippen molar-refractivity contribution in [2.75, 3.05) is 5.75 Å². The number of carbonyl (C=O) groups is 1. The molecule has 0 saturated carbocycles. The van der Waals surface area contributed by atoms with Crippen LogP contribution in [0.5, 0.6) is 0 Å². The maximum atomic E-state index is 13.7. The van der Waals surface area contributed by atoms with Crippen molar-refractivity contribution in [1.82, 2.24) is 0 Å². The first-order valence-electron chi connectivity index (χ1n) is 5.15. The number of carbonyl (C=O) groups excluding carboxylic acids is 1. The van der Waals surface area contributed by atoms with E-state index in [0.29, 0.717) is 12.0 Å². The van der Waals surface area contributed by atoms with Crippen LogP contribution in [0.2, 0.25) is 0 Å². The van der Waals surface area contributed by atoms with E-state index in [4.69, 9.17) is 0 Å². The van der Waals surface area contributed by atoms with Gasteiger partial charge in [-0.05, 0) is 24.5 Å². The van der Waals surface area contributed by atoms with Crippen LogP contribution in [0.1, 0.15) is 36.2 Å². The second-order valence-electron chi connectivity index (χ2n) is 3.27. The Hall–Kier alpha value is -0.830. The van der Waals surface area contributed by atoms with Crippen LogP contribution in [0.3, 0.4) is 0 Å². The molecule has 0 bridgehead atoms. The van der Waals surface area contributed by atoms with E-state index in [1.807, 2.05) is 13.8 Å². The SMILES string of the molecule is CCCSC(=O)c1cccc(CC)c1F. The molecule has 0 aromatic heterocycles. The van der Waals surface area contributed by atoms with Crippen LogP contribution in [0.25, 0.3) is 0 Å². The largest absolute Gasteiger partial charge is 0.281 e. The second kappa shape index (κ2) is 5.91. The van der Waals surface area contributed by atoms with E-state index < -0.39 is 0 Å². The molecule has 0 spiro atoms. The third-order valence-corrected chi connectivity index (χ3v) is 3.21. The third kappa shape index (κ3) is 3.06. The molecule has 1 nitrogen and oxygen atoms in total. The Balaban J connectivity index is 2.89. The van der Waals surface area contributed by atoms with Crippen LogP contribution >= 0.6 is 11.8 Å². The lowest BCUT2D eigenvalue weighted by Crippen LogP contribution is -2.01. The third-order valence-electron chi connectivity index (χ3n) is 2.12. The van der Waals surface area contributed by atoms with Crippen LogP contribution in [-0.4, -0.2) is 10.9 Å². The Morgan fingerprint density at radius 3 is 2.73 bits per heavy atom. The zero-order valence-electron chi connectivity index (χ0n) is 9.05. The van der Waals surface area contributed by atoms with E-state index in [1.54, 1.807) is 18.2 Å². The van der Waals surface area contributed by atoms with E-state index in [9.17, 15) is 9.18 Å². The standard InChI is InChI=1S/C12H15FOS/c1-3-8-15-12(14)10-7-5-6-9(4-2)11(10)13/h5-7H,3-4,8H2,1-2H3. The topological polar surface area (TPSA) is 17.1 Å². The molecule has 3 heteroatoms. The predicted octanol–water partition coefficient (Wildman–Crippen LogP) is 3.67. The minimum atomic E-state index is -0.353. The van der Waals surface area contributed by atoms with Crippen molar-refractivity contribution in [1.29, 1.82) is 0 Å². The van der Waals surface area contributed by atoms with Gasteiger partial charge in [0.25, 0.3) is 0 Å². The highest BCUT2D eigenvalue weighted by atomic mass is 32.2. The summed E-state index contributed by atoms with van der Waals surface area (Å²) in [6, 6.07) is 5.01. The molecule has 1 rings (SSSR count). The molecule has 0 atom stereocenters. The van der Waals surface area contributed by atoms with Gasteiger partial charge in [0.05, 0.1) is 5.56 Å². The number of rotatable bonds is 4. The van der Waals surface area contributed by atoms with E-state index in [1.165, 1.54) is 11.8 Å². The van der Waals surface area contributed by atoms with Crippen molar-refractivity contribution >= 4 is 16.9 Å². The van der Waals surface area contributed by atoms with Crippen molar-refractivity contribution in [3.8, 4) is 0 Å². The lowest BCUT2D eigenvalue weighted by molar-refractivity contribution is 0.108. The molecule has 0 radical (unpaired) electrons. The van der Waals surface area contributed by atoms with E-state index in [2.05, 4.69) is 0 Å². The quantitative estimate of drug-likeness (QED) is 0.779. The number of hydrogen-bond acceptors (Lipinski definition) is 2. The van der Waals surface area contributed by atoms with Crippen molar-refractivity contribution in [3.05, 3.63) is 35.1 Å². The van der Waals surface area contributed by atoms with Gasteiger partial charge in [-0.2, -0.15) is 0 Å². The van der Waals surface area contributed by atoms with Gasteiger partial charge >= 0.3 is 0 Å². The molecule has 0 amide bonds. The summed E-state index contributed by atoms with van der Waals surface area (Å²) in [5, 5.41) is -0.162. The molecule has 1 aromatic carbocycles. The number of benzene rings is 1. The molecular weight excluding hydrogens is 211 g/mol. The second-order valence-corrected chi connectivity index (χ2v) is 4.34. The first-order valence-corrected chi connectivity index (χ1v) is 6.13. The molecule has 15 heavy (non-hydrogen) atoms. The maximum Gasteiger partial charge on any atom is 0.222 e. The van der Waals surface area contributed by atoms with Gasteiger partial charge in [0.1, 0.15) is 5.82 Å². The highest BCUT2D eigenvalue weighted by Crippen LogP contribution is 2.19. The van der Waals surface area contributed by atoms with Gasteiger partial charge in [-0.25, -0.2) is 4.39 Å². The minimum absolute atomic E-state index is 0.162. The summed E-state index contributed by atoms with van der Waals surface area (Å²) >= 11 is 1.18. The fourth-order valence-corrected chi connectivity index (χ4v) is 1.99. The van der Waals surface area contributed by atoms with Crippen LogP contribution in [0, 0.1) is 5.82 Å². The molecular formula is C12H15FOS. The van der Waals surface area contributed by atoms with Crippen molar-refractivity contribution in [3.63, 3.8) is 0 Å². The lowest BCUT2D eigenvalue weighted by atomic mass is 10.1. The average molecular weight is 226 g/mol. The van der Waals surface area contributed by atoms with Crippen molar-refractivity contribution < 1.29 is 9.18 Å². The molecule has 0 saturated heterocycles. The van der Waals surface area contributed by atoms with Gasteiger partial charge in [-0.1, -0.05) is 37.7 Å². The minimum Gasteiger partial charge on any atom is -0.281 e. The Labute approximate surface area is 94.1 Å². The van der Waals surface area contributed by atoms with Gasteiger partial charge in [-0.3, -0.25) is 4.79 Å². The van der Waals surface area contributed by atoms with Crippen LogP contribution in [0.4, 0.5) is 4.39 Å². The zero-order chi connectivity index (χ0) is 11.3. The highest BCUT2D eigenvalue weighted by molar-refractivity contribution is 8.14. The lowest BCUT2D eigenvalue weighted by Gasteiger charge is -2.05. The van der Waals surface area contributed by atoms with Gasteiger partial charge in [-0.15, -0.1) is 0 Å². The summed E-state index contributed by atoms with van der Waals surface area (Å²) < 4.78 is 13.7. The molecule has 0 unspecified atom stereocenters. The number of halogens is 1. The summed E-state index contributed by atoms with van der Waals surface area (Å²) in [5.74, 6) is 0.392. The summed E-state index contributed by atoms with van der Waals surface area (Å²) in [6.45, 7) is 3.88. The van der Waals surface area contributed by atoms with Gasteiger partial charge in [0.2, 0.25) is 5.12 Å².